The molecule has 4 heteroatoms. The molecule has 3 nitrogen and oxygen atoms in total. The summed E-state index contributed by atoms with van der Waals surface area (Å²) in [6.45, 7) is 0.420. The van der Waals surface area contributed by atoms with Crippen LogP contribution in [-0.2, 0) is 16.1 Å². The summed E-state index contributed by atoms with van der Waals surface area (Å²) >= 11 is 5.05. The van der Waals surface area contributed by atoms with Gasteiger partial charge >= 0.3 is 0 Å². The molecular weight excluding hydrogens is 202 g/mol. The van der Waals surface area contributed by atoms with Crippen LogP contribution in [0.15, 0.2) is 30.3 Å². The number of hydrogen-bond acceptors (Lipinski definition) is 2. The Hall–Kier alpha value is -1.35. The Morgan fingerprint density at radius 2 is 1.86 bits per heavy atom. The van der Waals surface area contributed by atoms with Gasteiger partial charge in [0.1, 0.15) is 6.42 Å². The molecule has 74 valence electrons. The molecule has 1 N–H and O–H groups in total. The summed E-state index contributed by atoms with van der Waals surface area (Å²) in [6.07, 6.45) is -0.269. The highest BCUT2D eigenvalue weighted by molar-refractivity contribution is 6.64. The Kier molecular flexibility index (Phi) is 4.13. The summed E-state index contributed by atoms with van der Waals surface area (Å²) in [5, 5.41) is 1.94. The van der Waals surface area contributed by atoms with Gasteiger partial charge in [-0.2, -0.15) is 0 Å². The van der Waals surface area contributed by atoms with Gasteiger partial charge in [-0.1, -0.05) is 30.3 Å². The Bertz CT molecular complexity index is 324. The van der Waals surface area contributed by atoms with Crippen LogP contribution in [0.25, 0.3) is 0 Å². The normalized spacial score (nSPS) is 9.50. The van der Waals surface area contributed by atoms with E-state index in [1.54, 1.807) is 0 Å². The van der Waals surface area contributed by atoms with E-state index in [4.69, 9.17) is 11.6 Å². The zero-order valence-corrected chi connectivity index (χ0v) is 8.25. The highest BCUT2D eigenvalue weighted by Crippen LogP contribution is 1.97. The molecule has 0 aliphatic carbocycles. The number of halogens is 1. The number of carbonyl (C=O) groups excluding carboxylic acids is 2. The molecule has 0 aromatic heterocycles. The molecule has 14 heavy (non-hydrogen) atoms. The molecule has 1 amide bonds. The summed E-state index contributed by atoms with van der Waals surface area (Å²) in [7, 11) is 0. The highest BCUT2D eigenvalue weighted by Gasteiger charge is 2.05. The van der Waals surface area contributed by atoms with Crippen molar-refractivity contribution in [1.82, 2.24) is 5.32 Å². The Balaban J connectivity index is 2.34. The van der Waals surface area contributed by atoms with Crippen LogP contribution in [0.5, 0.6) is 0 Å². The molecule has 0 aliphatic heterocycles. The van der Waals surface area contributed by atoms with Crippen molar-refractivity contribution in [2.45, 2.75) is 13.0 Å². The van der Waals surface area contributed by atoms with E-state index >= 15 is 0 Å². The Morgan fingerprint density at radius 1 is 1.21 bits per heavy atom. The van der Waals surface area contributed by atoms with Crippen LogP contribution in [0.2, 0.25) is 0 Å². The molecule has 0 atom stereocenters. The summed E-state index contributed by atoms with van der Waals surface area (Å²) in [5.41, 5.74) is 0.989. The van der Waals surface area contributed by atoms with Gasteiger partial charge in [0.15, 0.2) is 0 Å². The quantitative estimate of drug-likeness (QED) is 0.606. The summed E-state index contributed by atoms with van der Waals surface area (Å²) < 4.78 is 0. The third kappa shape index (κ3) is 4.05. The maximum absolute atomic E-state index is 11.0. The molecule has 0 bridgehead atoms. The lowest BCUT2D eigenvalue weighted by atomic mass is 10.2. The first-order valence-electron chi connectivity index (χ1n) is 4.17. The largest absolute Gasteiger partial charge is 0.352 e. The van der Waals surface area contributed by atoms with Gasteiger partial charge in [0.2, 0.25) is 11.1 Å². The molecule has 0 heterocycles. The molecule has 0 saturated carbocycles. The van der Waals surface area contributed by atoms with Crippen molar-refractivity contribution < 1.29 is 9.59 Å². The maximum atomic E-state index is 11.0. The minimum atomic E-state index is -0.643. The van der Waals surface area contributed by atoms with Gasteiger partial charge < -0.3 is 5.32 Å². The van der Waals surface area contributed by atoms with Crippen LogP contribution < -0.4 is 5.32 Å². The highest BCUT2D eigenvalue weighted by atomic mass is 35.5. The average Bonchev–Trinajstić information content (AvgIpc) is 2.15. The van der Waals surface area contributed by atoms with E-state index in [9.17, 15) is 9.59 Å². The fourth-order valence-electron chi connectivity index (χ4n) is 0.985. The fraction of sp³-hybridized carbons (Fsp3) is 0.200. The third-order valence-corrected chi connectivity index (χ3v) is 1.77. The van der Waals surface area contributed by atoms with Gasteiger partial charge in [-0.05, 0) is 17.2 Å². The molecule has 0 radical (unpaired) electrons. The lowest BCUT2D eigenvalue weighted by Gasteiger charge is -2.02. The molecule has 0 saturated heterocycles. The van der Waals surface area contributed by atoms with Crippen LogP contribution in [0.4, 0.5) is 0 Å². The van der Waals surface area contributed by atoms with E-state index in [0.717, 1.165) is 5.56 Å². The second kappa shape index (κ2) is 5.40. The predicted molar refractivity (Wildman–Crippen MR) is 53.8 cm³/mol. The van der Waals surface area contributed by atoms with Crippen molar-refractivity contribution >= 4 is 22.8 Å². The first kappa shape index (κ1) is 10.7. The molecule has 0 unspecified atom stereocenters. The third-order valence-electron chi connectivity index (χ3n) is 1.63. The van der Waals surface area contributed by atoms with Gasteiger partial charge in [-0.3, -0.25) is 9.59 Å². The number of hydrogen-bond donors (Lipinski definition) is 1. The standard InChI is InChI=1S/C10H10ClNO2/c11-9(13)6-10(14)12-7-8-4-2-1-3-5-8/h1-5H,6-7H2,(H,12,14). The number of rotatable bonds is 4. The zero-order chi connectivity index (χ0) is 10.4. The Labute approximate surface area is 87.1 Å². The van der Waals surface area contributed by atoms with Gasteiger partial charge in [0, 0.05) is 6.54 Å². The molecule has 0 spiro atoms. The molecule has 0 fully saturated rings. The number of nitrogens with one attached hydrogen (secondary N) is 1. The fourth-order valence-corrected chi connectivity index (χ4v) is 1.11. The van der Waals surface area contributed by atoms with Crippen molar-refractivity contribution in [2.75, 3.05) is 0 Å². The minimum Gasteiger partial charge on any atom is -0.352 e. The topological polar surface area (TPSA) is 46.2 Å². The van der Waals surface area contributed by atoms with Crippen LogP contribution in [0, 0.1) is 0 Å². The Morgan fingerprint density at radius 3 is 2.43 bits per heavy atom. The van der Waals surface area contributed by atoms with Gasteiger partial charge in [-0.25, -0.2) is 0 Å². The van der Waals surface area contributed by atoms with Crippen LogP contribution >= 0.6 is 11.6 Å². The van der Waals surface area contributed by atoms with Crippen molar-refractivity contribution in [1.29, 1.82) is 0 Å². The smallest absolute Gasteiger partial charge is 0.231 e. The lowest BCUT2D eigenvalue weighted by Crippen LogP contribution is -2.23. The maximum Gasteiger partial charge on any atom is 0.231 e. The van der Waals surface area contributed by atoms with Gasteiger partial charge in [0.05, 0.1) is 0 Å². The minimum absolute atomic E-state index is 0.269. The van der Waals surface area contributed by atoms with Crippen LogP contribution in [-0.4, -0.2) is 11.1 Å². The average molecular weight is 212 g/mol. The SMILES string of the molecule is O=C(Cl)CC(=O)NCc1ccccc1. The van der Waals surface area contributed by atoms with Gasteiger partial charge in [-0.15, -0.1) is 0 Å². The lowest BCUT2D eigenvalue weighted by molar-refractivity contribution is -0.125. The van der Waals surface area contributed by atoms with E-state index < -0.39 is 5.24 Å². The number of carbonyl (C=O) groups is 2. The van der Waals surface area contributed by atoms with E-state index in [-0.39, 0.29) is 12.3 Å². The van der Waals surface area contributed by atoms with Crippen LogP contribution in [0.1, 0.15) is 12.0 Å². The van der Waals surface area contributed by atoms with Crippen molar-refractivity contribution in [3.8, 4) is 0 Å². The number of amides is 1. The van der Waals surface area contributed by atoms with E-state index in [1.165, 1.54) is 0 Å². The van der Waals surface area contributed by atoms with E-state index in [2.05, 4.69) is 5.32 Å². The zero-order valence-electron chi connectivity index (χ0n) is 7.50. The molecule has 0 aliphatic rings. The van der Waals surface area contributed by atoms with E-state index in [0.29, 0.717) is 6.54 Å². The van der Waals surface area contributed by atoms with Crippen molar-refractivity contribution in [2.24, 2.45) is 0 Å². The van der Waals surface area contributed by atoms with E-state index in [1.807, 2.05) is 30.3 Å². The van der Waals surface area contributed by atoms with Gasteiger partial charge in [0.25, 0.3) is 0 Å². The first-order valence-corrected chi connectivity index (χ1v) is 4.55. The molecule has 1 aromatic carbocycles. The second-order valence-corrected chi connectivity index (χ2v) is 3.22. The predicted octanol–water partition coefficient (Wildman–Crippen LogP) is 1.46. The molecular formula is C10H10ClNO2. The summed E-state index contributed by atoms with van der Waals surface area (Å²) in [6, 6.07) is 9.45. The van der Waals surface area contributed by atoms with Crippen molar-refractivity contribution in [3.63, 3.8) is 0 Å². The molecule has 1 aromatic rings. The van der Waals surface area contributed by atoms with Crippen molar-refractivity contribution in [3.05, 3.63) is 35.9 Å². The summed E-state index contributed by atoms with van der Waals surface area (Å²) in [5.74, 6) is -0.353. The second-order valence-electron chi connectivity index (χ2n) is 2.79. The molecule has 1 rings (SSSR count). The van der Waals surface area contributed by atoms with Crippen LogP contribution in [0.3, 0.4) is 0 Å². The number of benzene rings is 1. The monoisotopic (exact) mass is 211 g/mol. The first-order chi connectivity index (χ1) is 6.68. The summed E-state index contributed by atoms with van der Waals surface area (Å²) in [4.78, 5) is 21.4.